The lowest BCUT2D eigenvalue weighted by Crippen LogP contribution is -2.16. The molecular weight excluding hydrogens is 220 g/mol. The highest BCUT2D eigenvalue weighted by Gasteiger charge is 2.16. The van der Waals surface area contributed by atoms with Gasteiger partial charge < -0.3 is 5.11 Å². The molecule has 0 aromatic heterocycles. The number of hydrogen-bond acceptors (Lipinski definition) is 1. The summed E-state index contributed by atoms with van der Waals surface area (Å²) in [6.07, 6.45) is 4.51. The normalized spacial score (nSPS) is 14.5. The van der Waals surface area contributed by atoms with Crippen molar-refractivity contribution >= 4 is 0 Å². The number of aliphatic hydroxyl groups is 1. The second kappa shape index (κ2) is 7.58. The highest BCUT2D eigenvalue weighted by atomic mass is 16.3. The Hall–Kier alpha value is -0.820. The maximum atomic E-state index is 9.16. The van der Waals surface area contributed by atoms with E-state index in [0.717, 1.165) is 12.8 Å². The van der Waals surface area contributed by atoms with Gasteiger partial charge in [-0.05, 0) is 55.2 Å². The van der Waals surface area contributed by atoms with Crippen molar-refractivity contribution in [3.8, 4) is 0 Å². The van der Waals surface area contributed by atoms with Gasteiger partial charge in [0.25, 0.3) is 0 Å². The molecule has 1 nitrogen and oxygen atoms in total. The van der Waals surface area contributed by atoms with Gasteiger partial charge in [-0.15, -0.1) is 0 Å². The van der Waals surface area contributed by atoms with Gasteiger partial charge >= 0.3 is 0 Å². The van der Waals surface area contributed by atoms with Crippen LogP contribution in [0.1, 0.15) is 49.8 Å². The molecule has 0 aliphatic heterocycles. The van der Waals surface area contributed by atoms with Gasteiger partial charge in [0.1, 0.15) is 0 Å². The summed E-state index contributed by atoms with van der Waals surface area (Å²) in [7, 11) is 0. The quantitative estimate of drug-likeness (QED) is 0.763. The van der Waals surface area contributed by atoms with Crippen molar-refractivity contribution in [1.82, 2.24) is 0 Å². The van der Waals surface area contributed by atoms with Crippen molar-refractivity contribution in [3.63, 3.8) is 0 Å². The molecule has 0 amide bonds. The Morgan fingerprint density at radius 1 is 1.11 bits per heavy atom. The zero-order chi connectivity index (χ0) is 13.5. The maximum Gasteiger partial charge on any atom is 0.0433 e. The first-order valence-corrected chi connectivity index (χ1v) is 7.25. The number of aryl methyl sites for hydroxylation is 2. The van der Waals surface area contributed by atoms with E-state index in [1.807, 2.05) is 0 Å². The third kappa shape index (κ3) is 4.45. The molecule has 1 aromatic carbocycles. The van der Waals surface area contributed by atoms with Gasteiger partial charge in [0, 0.05) is 6.61 Å². The lowest BCUT2D eigenvalue weighted by molar-refractivity contribution is 0.216. The van der Waals surface area contributed by atoms with Crippen molar-refractivity contribution in [2.45, 2.75) is 53.4 Å². The lowest BCUT2D eigenvalue weighted by Gasteiger charge is -2.23. The molecule has 102 valence electrons. The fourth-order valence-corrected chi connectivity index (χ4v) is 2.72. The standard InChI is InChI=1S/C17H28O/c1-5-6-17(9-10-18)15(4)12-16-8-7-13(2)14(3)11-16/h7-8,11,15,17-18H,5-6,9-10,12H2,1-4H3. The summed E-state index contributed by atoms with van der Waals surface area (Å²) in [5.74, 6) is 1.31. The highest BCUT2D eigenvalue weighted by molar-refractivity contribution is 5.30. The highest BCUT2D eigenvalue weighted by Crippen LogP contribution is 2.25. The van der Waals surface area contributed by atoms with Crippen LogP contribution in [0.3, 0.4) is 0 Å². The molecule has 0 aliphatic carbocycles. The molecule has 2 unspecified atom stereocenters. The Balaban J connectivity index is 2.66. The minimum absolute atomic E-state index is 0.321. The summed E-state index contributed by atoms with van der Waals surface area (Å²) < 4.78 is 0. The molecule has 0 heterocycles. The first-order chi connectivity index (χ1) is 8.58. The van der Waals surface area contributed by atoms with Crippen LogP contribution >= 0.6 is 0 Å². The van der Waals surface area contributed by atoms with Gasteiger partial charge in [-0.3, -0.25) is 0 Å². The molecule has 1 rings (SSSR count). The minimum Gasteiger partial charge on any atom is -0.396 e. The van der Waals surface area contributed by atoms with Crippen LogP contribution < -0.4 is 0 Å². The average molecular weight is 248 g/mol. The SMILES string of the molecule is CCCC(CCO)C(C)Cc1ccc(C)c(C)c1. The van der Waals surface area contributed by atoms with E-state index < -0.39 is 0 Å². The van der Waals surface area contributed by atoms with E-state index in [0.29, 0.717) is 18.4 Å². The molecule has 1 N–H and O–H groups in total. The molecule has 0 fully saturated rings. The van der Waals surface area contributed by atoms with Crippen LogP contribution in [-0.4, -0.2) is 11.7 Å². The Kier molecular flexibility index (Phi) is 6.42. The molecule has 0 saturated heterocycles. The first-order valence-electron chi connectivity index (χ1n) is 7.25. The summed E-state index contributed by atoms with van der Waals surface area (Å²) >= 11 is 0. The summed E-state index contributed by atoms with van der Waals surface area (Å²) in [4.78, 5) is 0. The molecule has 0 spiro atoms. The van der Waals surface area contributed by atoms with E-state index in [1.165, 1.54) is 29.5 Å². The maximum absolute atomic E-state index is 9.16. The van der Waals surface area contributed by atoms with Crippen LogP contribution in [0.25, 0.3) is 0 Å². The smallest absolute Gasteiger partial charge is 0.0433 e. The average Bonchev–Trinajstić information content (AvgIpc) is 2.33. The predicted molar refractivity (Wildman–Crippen MR) is 78.9 cm³/mol. The third-order valence-corrected chi connectivity index (χ3v) is 4.09. The molecule has 0 aliphatic rings. The predicted octanol–water partition coefficient (Wildman–Crippen LogP) is 4.28. The van der Waals surface area contributed by atoms with Crippen LogP contribution in [0.5, 0.6) is 0 Å². The monoisotopic (exact) mass is 248 g/mol. The van der Waals surface area contributed by atoms with E-state index in [4.69, 9.17) is 5.11 Å². The largest absolute Gasteiger partial charge is 0.396 e. The molecule has 1 aromatic rings. The first kappa shape index (κ1) is 15.2. The topological polar surface area (TPSA) is 20.2 Å². The molecule has 0 radical (unpaired) electrons. The van der Waals surface area contributed by atoms with Crippen LogP contribution in [0.4, 0.5) is 0 Å². The van der Waals surface area contributed by atoms with Gasteiger partial charge in [-0.25, -0.2) is 0 Å². The number of aliphatic hydroxyl groups excluding tert-OH is 1. The van der Waals surface area contributed by atoms with Crippen LogP contribution in [-0.2, 0) is 6.42 Å². The van der Waals surface area contributed by atoms with Crippen LogP contribution in [0, 0.1) is 25.7 Å². The summed E-state index contributed by atoms with van der Waals surface area (Å²) in [5, 5.41) is 9.16. The van der Waals surface area contributed by atoms with Crippen molar-refractivity contribution < 1.29 is 5.11 Å². The molecule has 2 atom stereocenters. The van der Waals surface area contributed by atoms with Gasteiger partial charge in [0.2, 0.25) is 0 Å². The van der Waals surface area contributed by atoms with Crippen molar-refractivity contribution in [3.05, 3.63) is 34.9 Å². The van der Waals surface area contributed by atoms with E-state index in [1.54, 1.807) is 0 Å². The molecule has 0 saturated carbocycles. The molecular formula is C17H28O. The van der Waals surface area contributed by atoms with Crippen LogP contribution in [0.2, 0.25) is 0 Å². The second-order valence-electron chi connectivity index (χ2n) is 5.66. The summed E-state index contributed by atoms with van der Waals surface area (Å²) in [6, 6.07) is 6.78. The number of hydrogen-bond donors (Lipinski definition) is 1. The fraction of sp³-hybridized carbons (Fsp3) is 0.647. The number of benzene rings is 1. The zero-order valence-corrected chi connectivity index (χ0v) is 12.4. The Labute approximate surface area is 112 Å². The minimum atomic E-state index is 0.321. The fourth-order valence-electron chi connectivity index (χ4n) is 2.72. The summed E-state index contributed by atoms with van der Waals surface area (Å²) in [6.45, 7) is 9.22. The Bertz CT molecular complexity index is 351. The van der Waals surface area contributed by atoms with Gasteiger partial charge in [0.15, 0.2) is 0 Å². The van der Waals surface area contributed by atoms with E-state index >= 15 is 0 Å². The molecule has 0 bridgehead atoms. The third-order valence-electron chi connectivity index (χ3n) is 4.09. The van der Waals surface area contributed by atoms with Crippen molar-refractivity contribution in [2.24, 2.45) is 11.8 Å². The van der Waals surface area contributed by atoms with Gasteiger partial charge in [0.05, 0.1) is 0 Å². The van der Waals surface area contributed by atoms with Crippen molar-refractivity contribution in [1.29, 1.82) is 0 Å². The van der Waals surface area contributed by atoms with Crippen molar-refractivity contribution in [2.75, 3.05) is 6.61 Å². The van der Waals surface area contributed by atoms with Gasteiger partial charge in [-0.2, -0.15) is 0 Å². The van der Waals surface area contributed by atoms with E-state index in [2.05, 4.69) is 45.9 Å². The Morgan fingerprint density at radius 2 is 1.83 bits per heavy atom. The second-order valence-corrected chi connectivity index (χ2v) is 5.66. The molecule has 1 heteroatoms. The van der Waals surface area contributed by atoms with E-state index in [-0.39, 0.29) is 0 Å². The van der Waals surface area contributed by atoms with Gasteiger partial charge in [-0.1, -0.05) is 44.9 Å². The molecule has 18 heavy (non-hydrogen) atoms. The van der Waals surface area contributed by atoms with E-state index in [9.17, 15) is 0 Å². The van der Waals surface area contributed by atoms with Crippen LogP contribution in [0.15, 0.2) is 18.2 Å². The zero-order valence-electron chi connectivity index (χ0n) is 12.4. The lowest BCUT2D eigenvalue weighted by atomic mass is 9.83. The Morgan fingerprint density at radius 3 is 2.39 bits per heavy atom. The number of rotatable bonds is 7. The summed E-state index contributed by atoms with van der Waals surface area (Å²) in [5.41, 5.74) is 4.19.